The third kappa shape index (κ3) is 7.61. The number of fused-ring (bicyclic) bond motifs is 3. The van der Waals surface area contributed by atoms with Gasteiger partial charge in [0.2, 0.25) is 5.88 Å². The van der Waals surface area contributed by atoms with Crippen molar-refractivity contribution in [2.75, 3.05) is 52.5 Å². The molecule has 1 aromatic carbocycles. The monoisotopic (exact) mass is 717 g/mol. The number of aromatic nitrogens is 5. The molecule has 4 aromatic rings. The van der Waals surface area contributed by atoms with E-state index >= 15 is 4.39 Å². The zero-order valence-corrected chi connectivity index (χ0v) is 30.3. The first kappa shape index (κ1) is 37.9. The van der Waals surface area contributed by atoms with Gasteiger partial charge in [0.05, 0.1) is 43.7 Å². The van der Waals surface area contributed by atoms with Gasteiger partial charge < -0.3 is 29.9 Å². The Hall–Kier alpha value is -3.39. The van der Waals surface area contributed by atoms with Gasteiger partial charge in [0, 0.05) is 42.6 Å². The fourth-order valence-corrected chi connectivity index (χ4v) is 7.71. The van der Waals surface area contributed by atoms with E-state index in [-0.39, 0.29) is 28.5 Å². The molecular formula is C36H50ClF2N7O4. The normalized spacial score (nSPS) is 22.6. The molecule has 4 fully saturated rings. The Morgan fingerprint density at radius 2 is 1.78 bits per heavy atom. The number of pyridine rings is 1. The molecule has 4 aliphatic rings. The number of aryl methyl sites for hydroxylation is 1. The third-order valence-electron chi connectivity index (χ3n) is 10.3. The summed E-state index contributed by atoms with van der Waals surface area (Å²) in [5, 5.41) is 29.6. The number of hydrogen-bond acceptors (Lipinski definition) is 10. The number of ether oxygens (including phenoxy) is 2. The van der Waals surface area contributed by atoms with Crippen LogP contribution in [-0.2, 0) is 0 Å². The number of alkyl halides is 1. The van der Waals surface area contributed by atoms with Crippen molar-refractivity contribution in [3.05, 3.63) is 28.7 Å². The summed E-state index contributed by atoms with van der Waals surface area (Å²) in [4.78, 5) is 16.1. The predicted molar refractivity (Wildman–Crippen MR) is 193 cm³/mol. The van der Waals surface area contributed by atoms with Crippen LogP contribution in [0, 0.1) is 18.2 Å². The van der Waals surface area contributed by atoms with Crippen molar-refractivity contribution in [1.82, 2.24) is 30.5 Å². The Balaban J connectivity index is 0.000000552. The molecule has 5 heterocycles. The largest absolute Gasteiger partial charge is 0.480 e. The Labute approximate surface area is 297 Å². The molecule has 2 aliphatic carbocycles. The standard InChI is InChI=1S/C30H35ClFN7O3.C4H8.CH3F.CH4O/c1-16-12-19-18(13-34-38-19)21(23(16)31)25-24(32)26-22(28(35-25)41-2)27(39-11-4-6-17(40)14-39)37-29(36-26)42-15-30-8-3-7-20(30)33-10-5-9-30;1-2-4-3-1;2*1-2/h12-13,17,20,33,40H,3-11,14-15H2,1-2H3,(H,34,38);1-4H2;1H3;2H,1H3. The van der Waals surface area contributed by atoms with Crippen LogP contribution in [0.25, 0.3) is 33.1 Å². The van der Waals surface area contributed by atoms with Crippen molar-refractivity contribution >= 4 is 39.2 Å². The van der Waals surface area contributed by atoms with Gasteiger partial charge in [-0.25, -0.2) is 9.37 Å². The smallest absolute Gasteiger partial charge is 0.319 e. The van der Waals surface area contributed by atoms with Crippen LogP contribution in [0.5, 0.6) is 11.9 Å². The molecule has 3 atom stereocenters. The van der Waals surface area contributed by atoms with Gasteiger partial charge in [-0.2, -0.15) is 15.1 Å². The van der Waals surface area contributed by atoms with E-state index in [0.29, 0.717) is 72.0 Å². The molecule has 2 aliphatic heterocycles. The molecule has 0 bridgehead atoms. The van der Waals surface area contributed by atoms with E-state index in [0.717, 1.165) is 57.7 Å². The number of nitrogens with zero attached hydrogens (tertiary/aromatic N) is 5. The van der Waals surface area contributed by atoms with Gasteiger partial charge in [-0.05, 0) is 63.6 Å². The van der Waals surface area contributed by atoms with Crippen LogP contribution in [0.15, 0.2) is 12.3 Å². The molecular weight excluding hydrogens is 668 g/mol. The van der Waals surface area contributed by atoms with E-state index < -0.39 is 11.9 Å². The maximum absolute atomic E-state index is 16.8. The van der Waals surface area contributed by atoms with E-state index in [4.69, 9.17) is 31.2 Å². The number of nitrogens with one attached hydrogen (secondary N) is 2. The fraction of sp³-hybridized carbons (Fsp3) is 0.611. The highest BCUT2D eigenvalue weighted by Crippen LogP contribution is 2.46. The highest BCUT2D eigenvalue weighted by atomic mass is 35.5. The van der Waals surface area contributed by atoms with Crippen molar-refractivity contribution < 1.29 is 28.5 Å². The maximum Gasteiger partial charge on any atom is 0.319 e. The van der Waals surface area contributed by atoms with Gasteiger partial charge in [0.1, 0.15) is 22.4 Å². The van der Waals surface area contributed by atoms with Crippen LogP contribution in [0.4, 0.5) is 14.6 Å². The van der Waals surface area contributed by atoms with Gasteiger partial charge in [-0.15, -0.1) is 0 Å². The highest BCUT2D eigenvalue weighted by Gasteiger charge is 2.45. The molecule has 4 N–H and O–H groups in total. The lowest BCUT2D eigenvalue weighted by atomic mass is 9.76. The first-order chi connectivity index (χ1) is 24.4. The fourth-order valence-electron chi connectivity index (χ4n) is 7.47. The lowest BCUT2D eigenvalue weighted by Crippen LogP contribution is -2.49. The molecule has 50 heavy (non-hydrogen) atoms. The molecule has 274 valence electrons. The molecule has 0 spiro atoms. The van der Waals surface area contributed by atoms with Crippen LogP contribution in [0.1, 0.15) is 76.2 Å². The second-order valence-electron chi connectivity index (χ2n) is 13.4. The van der Waals surface area contributed by atoms with E-state index in [1.807, 2.05) is 17.9 Å². The van der Waals surface area contributed by atoms with Crippen molar-refractivity contribution in [1.29, 1.82) is 0 Å². The second-order valence-corrected chi connectivity index (χ2v) is 13.7. The minimum atomic E-state index is -0.650. The summed E-state index contributed by atoms with van der Waals surface area (Å²) in [5.74, 6) is -0.0409. The van der Waals surface area contributed by atoms with Crippen molar-refractivity contribution in [2.24, 2.45) is 5.41 Å². The number of aliphatic hydroxyl groups is 2. The summed E-state index contributed by atoms with van der Waals surface area (Å²) < 4.78 is 38.4. The second kappa shape index (κ2) is 17.2. The predicted octanol–water partition coefficient (Wildman–Crippen LogP) is 6.69. The zero-order valence-electron chi connectivity index (χ0n) is 29.5. The summed E-state index contributed by atoms with van der Waals surface area (Å²) in [6.45, 7) is 4.32. The maximum atomic E-state index is 16.8. The molecule has 8 rings (SSSR count). The van der Waals surface area contributed by atoms with Gasteiger partial charge in [0.15, 0.2) is 5.82 Å². The minimum absolute atomic E-state index is 0.0136. The van der Waals surface area contributed by atoms with Crippen LogP contribution in [-0.4, -0.2) is 95.1 Å². The number of anilines is 1. The van der Waals surface area contributed by atoms with E-state index in [1.54, 1.807) is 6.20 Å². The van der Waals surface area contributed by atoms with Crippen LogP contribution >= 0.6 is 11.6 Å². The molecule has 0 radical (unpaired) electrons. The van der Waals surface area contributed by atoms with Gasteiger partial charge >= 0.3 is 6.01 Å². The number of halogens is 3. The SMILES string of the molecule is C1CCC1.CF.CO.COc1nc(-c2c(Cl)c(C)cc3[nH]ncc23)c(F)c2nc(OCC34CCCNC3CCC4)nc(N3CCCC(O)C3)c12. The quantitative estimate of drug-likeness (QED) is 0.170. The lowest BCUT2D eigenvalue weighted by Gasteiger charge is -2.39. The average molecular weight is 718 g/mol. The Kier molecular flexibility index (Phi) is 13.0. The summed E-state index contributed by atoms with van der Waals surface area (Å²) in [7, 11) is 2.99. The number of piperidine rings is 2. The number of aliphatic hydroxyl groups excluding tert-OH is 2. The summed E-state index contributed by atoms with van der Waals surface area (Å²) in [5.41, 5.74) is 1.95. The Morgan fingerprint density at radius 3 is 2.48 bits per heavy atom. The Morgan fingerprint density at radius 1 is 1.04 bits per heavy atom. The number of benzene rings is 1. The number of hydrogen-bond donors (Lipinski definition) is 4. The minimum Gasteiger partial charge on any atom is -0.480 e. The first-order valence-electron chi connectivity index (χ1n) is 17.6. The molecule has 14 heteroatoms. The van der Waals surface area contributed by atoms with E-state index in [2.05, 4.69) is 25.5 Å². The molecule has 3 unspecified atom stereocenters. The van der Waals surface area contributed by atoms with Crippen molar-refractivity contribution in [3.8, 4) is 23.1 Å². The van der Waals surface area contributed by atoms with Crippen molar-refractivity contribution in [3.63, 3.8) is 0 Å². The summed E-state index contributed by atoms with van der Waals surface area (Å²) in [6, 6.07) is 2.37. The summed E-state index contributed by atoms with van der Waals surface area (Å²) >= 11 is 6.78. The topological polar surface area (TPSA) is 142 Å². The lowest BCUT2D eigenvalue weighted by molar-refractivity contribution is 0.0798. The molecule has 2 saturated heterocycles. The van der Waals surface area contributed by atoms with Crippen LogP contribution in [0.3, 0.4) is 0 Å². The van der Waals surface area contributed by atoms with Gasteiger partial charge in [0.25, 0.3) is 0 Å². The number of aromatic amines is 1. The van der Waals surface area contributed by atoms with Crippen LogP contribution in [0.2, 0.25) is 5.02 Å². The summed E-state index contributed by atoms with van der Waals surface area (Å²) in [6.07, 6.45) is 14.1. The Bertz CT molecular complexity index is 1740. The first-order valence-corrected chi connectivity index (χ1v) is 18.0. The number of H-pyrrole nitrogens is 1. The average Bonchev–Trinajstić information content (AvgIpc) is 3.77. The van der Waals surface area contributed by atoms with Crippen molar-refractivity contribution in [2.45, 2.75) is 89.7 Å². The number of methoxy groups -OCH3 is 1. The third-order valence-corrected chi connectivity index (χ3v) is 10.8. The van der Waals surface area contributed by atoms with Gasteiger partial charge in [-0.1, -0.05) is 43.7 Å². The number of rotatable bonds is 6. The van der Waals surface area contributed by atoms with Gasteiger partial charge in [-0.3, -0.25) is 9.49 Å². The number of β-amino-alcohol motifs (C(OH)–C–C–N with tert-alkyl or cyclic N) is 1. The van der Waals surface area contributed by atoms with E-state index in [1.165, 1.54) is 32.8 Å². The highest BCUT2D eigenvalue weighted by molar-refractivity contribution is 6.35. The zero-order chi connectivity index (χ0) is 35.8. The van der Waals surface area contributed by atoms with E-state index in [9.17, 15) is 9.50 Å². The van der Waals surface area contributed by atoms with Crippen LogP contribution < -0.4 is 19.7 Å². The molecule has 2 saturated carbocycles. The molecule has 0 amide bonds. The molecule has 11 nitrogen and oxygen atoms in total. The molecule has 3 aromatic heterocycles.